The molecule has 0 bridgehead atoms. The lowest BCUT2D eigenvalue weighted by atomic mass is 9.95. The van der Waals surface area contributed by atoms with Crippen molar-refractivity contribution >= 4 is 11.8 Å². The van der Waals surface area contributed by atoms with E-state index < -0.39 is 6.04 Å². The molecule has 2 aromatic carbocycles. The highest BCUT2D eigenvalue weighted by Gasteiger charge is 2.28. The standard InChI is InChI=1S/C25H31FN2O3/c1-18-8-6-7-11-23(18)31-17-24(29)28(16-20-12-14-21(26)15-13-20)19(2)25(30)27-22-9-4-3-5-10-22/h6-8,11-15,19,22H,3-5,9-10,16-17H2,1-2H3,(H,27,30)/t19-/m1/s1. The number of nitrogens with zero attached hydrogens (tertiary/aromatic N) is 1. The van der Waals surface area contributed by atoms with Crippen LogP contribution in [-0.2, 0) is 16.1 Å². The van der Waals surface area contributed by atoms with E-state index in [1.807, 2.05) is 31.2 Å². The van der Waals surface area contributed by atoms with E-state index in [0.717, 1.165) is 36.8 Å². The largest absolute Gasteiger partial charge is 0.484 e. The number of para-hydroxylation sites is 1. The van der Waals surface area contributed by atoms with E-state index in [9.17, 15) is 14.0 Å². The van der Waals surface area contributed by atoms with Gasteiger partial charge in [-0.1, -0.05) is 49.6 Å². The smallest absolute Gasteiger partial charge is 0.261 e. The second-order valence-corrected chi connectivity index (χ2v) is 8.22. The number of hydrogen-bond acceptors (Lipinski definition) is 3. The summed E-state index contributed by atoms with van der Waals surface area (Å²) in [5.74, 6) is -0.165. The zero-order valence-corrected chi connectivity index (χ0v) is 18.3. The van der Waals surface area contributed by atoms with Gasteiger partial charge in [0, 0.05) is 12.6 Å². The van der Waals surface area contributed by atoms with Crippen LogP contribution in [0.3, 0.4) is 0 Å². The van der Waals surface area contributed by atoms with Crippen LogP contribution in [-0.4, -0.2) is 35.4 Å². The monoisotopic (exact) mass is 426 g/mol. The molecule has 1 aliphatic carbocycles. The molecule has 0 radical (unpaired) electrons. The normalized spacial score (nSPS) is 15.2. The highest BCUT2D eigenvalue weighted by molar-refractivity contribution is 5.88. The highest BCUT2D eigenvalue weighted by atomic mass is 19.1. The first-order chi connectivity index (χ1) is 14.9. The Morgan fingerprint density at radius 1 is 1.10 bits per heavy atom. The Hall–Kier alpha value is -2.89. The van der Waals surface area contributed by atoms with Gasteiger partial charge in [0.25, 0.3) is 5.91 Å². The third-order valence-corrected chi connectivity index (χ3v) is 5.83. The van der Waals surface area contributed by atoms with E-state index in [-0.39, 0.29) is 36.8 Å². The third-order valence-electron chi connectivity index (χ3n) is 5.83. The second-order valence-electron chi connectivity index (χ2n) is 8.22. The molecule has 3 rings (SSSR count). The zero-order valence-electron chi connectivity index (χ0n) is 18.3. The van der Waals surface area contributed by atoms with Crippen molar-refractivity contribution in [2.45, 2.75) is 64.6 Å². The predicted octanol–water partition coefficient (Wildman–Crippen LogP) is 4.38. The number of aryl methyl sites for hydroxylation is 1. The quantitative estimate of drug-likeness (QED) is 0.682. The molecule has 31 heavy (non-hydrogen) atoms. The first-order valence-electron chi connectivity index (χ1n) is 11.0. The summed E-state index contributed by atoms with van der Waals surface area (Å²) < 4.78 is 19.0. The van der Waals surface area contributed by atoms with Gasteiger partial charge < -0.3 is 15.0 Å². The SMILES string of the molecule is Cc1ccccc1OCC(=O)N(Cc1ccc(F)cc1)[C@H](C)C(=O)NC1CCCCC1. The van der Waals surface area contributed by atoms with E-state index in [1.54, 1.807) is 19.1 Å². The first-order valence-corrected chi connectivity index (χ1v) is 11.0. The Bertz CT molecular complexity index is 879. The average Bonchev–Trinajstić information content (AvgIpc) is 2.78. The molecule has 5 nitrogen and oxygen atoms in total. The maximum Gasteiger partial charge on any atom is 0.261 e. The number of carbonyl (C=O) groups excluding carboxylic acids is 2. The number of hydrogen-bond donors (Lipinski definition) is 1. The van der Waals surface area contributed by atoms with Crippen molar-refractivity contribution in [1.29, 1.82) is 0 Å². The van der Waals surface area contributed by atoms with E-state index in [2.05, 4.69) is 5.32 Å². The first kappa shape index (κ1) is 22.8. The molecule has 2 aromatic rings. The second kappa shape index (κ2) is 10.9. The van der Waals surface area contributed by atoms with Crippen molar-refractivity contribution in [2.75, 3.05) is 6.61 Å². The molecular weight excluding hydrogens is 395 g/mol. The topological polar surface area (TPSA) is 58.6 Å². The minimum atomic E-state index is -0.667. The number of benzene rings is 2. The minimum Gasteiger partial charge on any atom is -0.484 e. The van der Waals surface area contributed by atoms with Gasteiger partial charge in [0.2, 0.25) is 5.91 Å². The number of nitrogens with one attached hydrogen (secondary N) is 1. The summed E-state index contributed by atoms with van der Waals surface area (Å²) in [7, 11) is 0. The molecular formula is C25H31FN2O3. The van der Waals surface area contributed by atoms with E-state index in [1.165, 1.54) is 23.5 Å². The molecule has 0 saturated heterocycles. The fourth-order valence-corrected chi connectivity index (χ4v) is 3.88. The number of carbonyl (C=O) groups is 2. The van der Waals surface area contributed by atoms with Crippen LogP contribution in [0.25, 0.3) is 0 Å². The van der Waals surface area contributed by atoms with Gasteiger partial charge in [0.05, 0.1) is 0 Å². The molecule has 6 heteroatoms. The van der Waals surface area contributed by atoms with E-state index in [4.69, 9.17) is 4.74 Å². The maximum absolute atomic E-state index is 13.3. The number of rotatable bonds is 8. The lowest BCUT2D eigenvalue weighted by Gasteiger charge is -2.31. The molecule has 0 aliphatic heterocycles. The number of ether oxygens (including phenoxy) is 1. The Kier molecular flexibility index (Phi) is 8.04. The van der Waals surface area contributed by atoms with Gasteiger partial charge in [-0.2, -0.15) is 0 Å². The van der Waals surface area contributed by atoms with Gasteiger partial charge in [-0.15, -0.1) is 0 Å². The van der Waals surface area contributed by atoms with Gasteiger partial charge in [-0.3, -0.25) is 9.59 Å². The van der Waals surface area contributed by atoms with Crippen LogP contribution in [0.2, 0.25) is 0 Å². The molecule has 1 saturated carbocycles. The average molecular weight is 427 g/mol. The van der Waals surface area contributed by atoms with Crippen LogP contribution in [0.4, 0.5) is 4.39 Å². The van der Waals surface area contributed by atoms with Gasteiger partial charge >= 0.3 is 0 Å². The Morgan fingerprint density at radius 2 is 1.77 bits per heavy atom. The third kappa shape index (κ3) is 6.54. The van der Waals surface area contributed by atoms with Crippen molar-refractivity contribution in [3.8, 4) is 5.75 Å². The predicted molar refractivity (Wildman–Crippen MR) is 118 cm³/mol. The summed E-state index contributed by atoms with van der Waals surface area (Å²) in [6.45, 7) is 3.67. The molecule has 0 spiro atoms. The Labute approximate surface area is 183 Å². The van der Waals surface area contributed by atoms with Gasteiger partial charge in [-0.25, -0.2) is 4.39 Å². The summed E-state index contributed by atoms with van der Waals surface area (Å²) in [6.07, 6.45) is 5.37. The summed E-state index contributed by atoms with van der Waals surface area (Å²) in [5, 5.41) is 3.10. The van der Waals surface area contributed by atoms with Crippen molar-refractivity contribution in [3.63, 3.8) is 0 Å². The van der Waals surface area contributed by atoms with Crippen LogP contribution in [0.15, 0.2) is 48.5 Å². The van der Waals surface area contributed by atoms with Crippen LogP contribution < -0.4 is 10.1 Å². The maximum atomic E-state index is 13.3. The summed E-state index contributed by atoms with van der Waals surface area (Å²) in [6, 6.07) is 12.9. The fourth-order valence-electron chi connectivity index (χ4n) is 3.88. The van der Waals surface area contributed by atoms with Crippen molar-refractivity contribution in [2.24, 2.45) is 0 Å². The van der Waals surface area contributed by atoms with Crippen molar-refractivity contribution < 1.29 is 18.7 Å². The van der Waals surface area contributed by atoms with Crippen LogP contribution in [0.1, 0.15) is 50.2 Å². The van der Waals surface area contributed by atoms with E-state index in [0.29, 0.717) is 5.75 Å². The molecule has 1 atom stereocenters. The van der Waals surface area contributed by atoms with Gasteiger partial charge in [0.15, 0.2) is 6.61 Å². The molecule has 0 aromatic heterocycles. The van der Waals surface area contributed by atoms with E-state index >= 15 is 0 Å². The Balaban J connectivity index is 1.70. The lowest BCUT2D eigenvalue weighted by molar-refractivity contribution is -0.142. The summed E-state index contributed by atoms with van der Waals surface area (Å²) in [4.78, 5) is 27.5. The molecule has 1 fully saturated rings. The molecule has 1 aliphatic rings. The lowest BCUT2D eigenvalue weighted by Crippen LogP contribution is -2.51. The van der Waals surface area contributed by atoms with Crippen molar-refractivity contribution in [3.05, 3.63) is 65.5 Å². The van der Waals surface area contributed by atoms with Gasteiger partial charge in [0.1, 0.15) is 17.6 Å². The van der Waals surface area contributed by atoms with Crippen LogP contribution >= 0.6 is 0 Å². The van der Waals surface area contributed by atoms with Crippen LogP contribution in [0, 0.1) is 12.7 Å². The highest BCUT2D eigenvalue weighted by Crippen LogP contribution is 2.19. The molecule has 2 amide bonds. The van der Waals surface area contributed by atoms with Crippen LogP contribution in [0.5, 0.6) is 5.75 Å². The summed E-state index contributed by atoms with van der Waals surface area (Å²) >= 11 is 0. The number of amides is 2. The Morgan fingerprint density at radius 3 is 2.45 bits per heavy atom. The molecule has 0 unspecified atom stereocenters. The molecule has 0 heterocycles. The number of halogens is 1. The molecule has 1 N–H and O–H groups in total. The molecule has 166 valence electrons. The summed E-state index contributed by atoms with van der Waals surface area (Å²) in [5.41, 5.74) is 1.69. The fraction of sp³-hybridized carbons (Fsp3) is 0.440. The van der Waals surface area contributed by atoms with Crippen molar-refractivity contribution in [1.82, 2.24) is 10.2 Å². The van der Waals surface area contributed by atoms with Gasteiger partial charge in [-0.05, 0) is 56.0 Å². The minimum absolute atomic E-state index is 0.162. The zero-order chi connectivity index (χ0) is 22.2.